The lowest BCUT2D eigenvalue weighted by Gasteiger charge is -2.31. The minimum absolute atomic E-state index is 0.175. The van der Waals surface area contributed by atoms with E-state index in [0.717, 1.165) is 0 Å². The van der Waals surface area contributed by atoms with Crippen LogP contribution in [0.2, 0.25) is 0 Å². The van der Waals surface area contributed by atoms with E-state index in [1.807, 2.05) is 0 Å². The van der Waals surface area contributed by atoms with Gasteiger partial charge in [-0.05, 0) is 69.3 Å². The fourth-order valence-corrected chi connectivity index (χ4v) is 7.32. The number of halogens is 6. The standard InChI is InChI=1S/C30H39P.C4H4F6O3S/c1-28(2,3)22-10-16-25(17-11-22)31(26-18-12-23(13-19-26)29(4,5)6)27-20-14-24(15-21-27)30(7,8)9;1-2(5,6)3(7,8)4(9,10)14(11,12)13/h10-21H,1-9H3;1H3,(H,11,12,13). The number of rotatable bonds is 6. The van der Waals surface area contributed by atoms with Crippen LogP contribution < -0.4 is 15.9 Å². The monoisotopic (exact) mass is 676 g/mol. The average Bonchev–Trinajstić information content (AvgIpc) is 2.87. The summed E-state index contributed by atoms with van der Waals surface area (Å²) in [7, 11) is -7.92. The predicted octanol–water partition coefficient (Wildman–Crippen LogP) is 8.48. The van der Waals surface area contributed by atoms with Gasteiger partial charge in [0.15, 0.2) is 10.1 Å². The second kappa shape index (κ2) is 13.0. The van der Waals surface area contributed by atoms with E-state index in [0.29, 0.717) is 0 Å². The Kier molecular flexibility index (Phi) is 11.2. The number of benzene rings is 3. The first kappa shape index (κ1) is 38.8. The Morgan fingerprint density at radius 1 is 0.489 bits per heavy atom. The zero-order valence-corrected chi connectivity index (χ0v) is 29.1. The second-order valence-electron chi connectivity index (χ2n) is 14.3. The number of hydrogen-bond acceptors (Lipinski definition) is 3. The van der Waals surface area contributed by atoms with Crippen LogP contribution in [0.3, 0.4) is 0 Å². The third kappa shape index (κ3) is 9.11. The minimum atomic E-state index is -6.86. The van der Waals surface area contributed by atoms with E-state index in [4.69, 9.17) is 0 Å². The third-order valence-corrected chi connectivity index (χ3v) is 11.0. The van der Waals surface area contributed by atoms with Crippen LogP contribution in [0.5, 0.6) is 0 Å². The van der Waals surface area contributed by atoms with Gasteiger partial charge in [-0.15, -0.1) is 0 Å². The fourth-order valence-electron chi connectivity index (χ4n) is 4.32. The van der Waals surface area contributed by atoms with Gasteiger partial charge in [-0.2, -0.15) is 26.3 Å². The van der Waals surface area contributed by atoms with E-state index in [1.54, 1.807) is 0 Å². The van der Waals surface area contributed by atoms with E-state index in [2.05, 4.69) is 135 Å². The molecule has 0 aliphatic rings. The molecule has 11 heteroatoms. The van der Waals surface area contributed by atoms with Gasteiger partial charge in [0.25, 0.3) is 0 Å². The summed E-state index contributed by atoms with van der Waals surface area (Å²) in [5.41, 5.74) is 4.70. The van der Waals surface area contributed by atoms with Crippen LogP contribution in [0.4, 0.5) is 26.3 Å². The Bertz CT molecular complexity index is 1390. The summed E-state index contributed by atoms with van der Waals surface area (Å²) in [6.07, 6.45) is 0. The second-order valence-corrected chi connectivity index (χ2v) is 18.2. The first-order chi connectivity index (χ1) is 20.0. The highest BCUT2D eigenvalue weighted by atomic mass is 32.2. The van der Waals surface area contributed by atoms with Crippen molar-refractivity contribution in [1.82, 2.24) is 0 Å². The van der Waals surface area contributed by atoms with Gasteiger partial charge < -0.3 is 4.55 Å². The first-order valence-electron chi connectivity index (χ1n) is 14.3. The van der Waals surface area contributed by atoms with Crippen molar-refractivity contribution in [1.29, 1.82) is 0 Å². The van der Waals surface area contributed by atoms with E-state index in [1.165, 1.54) is 32.6 Å². The Morgan fingerprint density at radius 3 is 0.844 bits per heavy atom. The lowest BCUT2D eigenvalue weighted by atomic mass is 9.87. The molecule has 250 valence electrons. The van der Waals surface area contributed by atoms with Gasteiger partial charge in [0.1, 0.15) is 15.9 Å². The summed E-state index contributed by atoms with van der Waals surface area (Å²) in [6.45, 7) is 19.9. The Balaban J connectivity index is 0.000000426. The average molecular weight is 677 g/mol. The van der Waals surface area contributed by atoms with E-state index < -0.39 is 42.1 Å². The zero-order valence-electron chi connectivity index (χ0n) is 27.3. The predicted molar refractivity (Wildman–Crippen MR) is 173 cm³/mol. The highest BCUT2D eigenvalue weighted by Crippen LogP contribution is 2.47. The van der Waals surface area contributed by atoms with Crippen LogP contribution in [0.15, 0.2) is 72.8 Å². The maximum absolute atomic E-state index is 12.1. The summed E-state index contributed by atoms with van der Waals surface area (Å²) < 4.78 is 101. The largest absolute Gasteiger partial charge is 0.743 e. The highest BCUT2D eigenvalue weighted by molar-refractivity contribution is 7.86. The molecule has 0 aliphatic carbocycles. The Labute approximate surface area is 265 Å². The van der Waals surface area contributed by atoms with Gasteiger partial charge in [0.05, 0.1) is 7.92 Å². The number of hydrogen-bond donors (Lipinski definition) is 0. The van der Waals surface area contributed by atoms with Crippen molar-refractivity contribution in [2.75, 3.05) is 0 Å². The van der Waals surface area contributed by atoms with Gasteiger partial charge in [0.2, 0.25) is 0 Å². The molecule has 3 nitrogen and oxygen atoms in total. The fraction of sp³-hybridized carbons (Fsp3) is 0.471. The van der Waals surface area contributed by atoms with E-state index in [-0.39, 0.29) is 16.2 Å². The lowest BCUT2D eigenvalue weighted by molar-refractivity contribution is -0.273. The van der Waals surface area contributed by atoms with Crippen LogP contribution >= 0.6 is 7.92 Å². The first-order valence-corrected chi connectivity index (χ1v) is 17.2. The smallest absolute Gasteiger partial charge is 0.402 e. The topological polar surface area (TPSA) is 57.2 Å². The van der Waals surface area contributed by atoms with Crippen molar-refractivity contribution >= 4 is 34.0 Å². The van der Waals surface area contributed by atoms with Gasteiger partial charge in [-0.1, -0.05) is 98.7 Å². The molecule has 0 aliphatic heterocycles. The SMILES string of the molecule is CC(C)(C)c1ccc([PH+](c2ccc(C(C)(C)C)cc2)c2ccc(C(C)(C)C)cc2)cc1.CC(F)(F)C(F)(F)C(F)(F)S(=O)(=O)[O-]. The normalized spacial score (nSPS) is 13.8. The quantitative estimate of drug-likeness (QED) is 0.150. The Morgan fingerprint density at radius 2 is 0.711 bits per heavy atom. The van der Waals surface area contributed by atoms with Crippen LogP contribution in [0, 0.1) is 0 Å². The molecule has 0 N–H and O–H groups in total. The highest BCUT2D eigenvalue weighted by Gasteiger charge is 2.72. The van der Waals surface area contributed by atoms with Crippen LogP contribution in [-0.4, -0.2) is 30.1 Å². The molecule has 0 bridgehead atoms. The molecule has 0 saturated heterocycles. The molecule has 0 spiro atoms. The molecule has 0 aromatic heterocycles. The van der Waals surface area contributed by atoms with Gasteiger partial charge in [-0.3, -0.25) is 0 Å². The van der Waals surface area contributed by atoms with Crippen molar-refractivity contribution < 1.29 is 39.3 Å². The molecular weight excluding hydrogens is 633 g/mol. The van der Waals surface area contributed by atoms with Gasteiger partial charge in [0, 0.05) is 6.92 Å². The van der Waals surface area contributed by atoms with Crippen LogP contribution in [0.1, 0.15) is 85.9 Å². The molecule has 0 unspecified atom stereocenters. The van der Waals surface area contributed by atoms with Gasteiger partial charge in [-0.25, -0.2) is 8.42 Å². The lowest BCUT2D eigenvalue weighted by Crippen LogP contribution is -2.56. The molecule has 3 aromatic rings. The maximum atomic E-state index is 12.1. The summed E-state index contributed by atoms with van der Waals surface area (Å²) in [4.78, 5) is 0. The molecule has 0 saturated carbocycles. The molecule has 3 rings (SSSR count). The van der Waals surface area contributed by atoms with Crippen LogP contribution in [0.25, 0.3) is 0 Å². The molecule has 0 amide bonds. The summed E-state index contributed by atoms with van der Waals surface area (Å²) in [5.74, 6) is -11.6. The summed E-state index contributed by atoms with van der Waals surface area (Å²) in [6, 6.07) is 28.2. The van der Waals surface area contributed by atoms with Crippen molar-refractivity contribution in [2.24, 2.45) is 0 Å². The molecular formula is C34H43F6O3PS. The number of alkyl halides is 6. The molecule has 3 aromatic carbocycles. The summed E-state index contributed by atoms with van der Waals surface area (Å²) >= 11 is 0. The minimum Gasteiger partial charge on any atom is -0.743 e. The zero-order chi connectivity index (χ0) is 35.0. The summed E-state index contributed by atoms with van der Waals surface area (Å²) in [5, 5.41) is -2.00. The van der Waals surface area contributed by atoms with Gasteiger partial charge >= 0.3 is 17.1 Å². The molecule has 45 heavy (non-hydrogen) atoms. The molecule has 0 atom stereocenters. The van der Waals surface area contributed by atoms with Crippen molar-refractivity contribution in [2.45, 2.75) is 103 Å². The molecule has 0 fully saturated rings. The maximum Gasteiger partial charge on any atom is 0.402 e. The molecule has 0 radical (unpaired) electrons. The van der Waals surface area contributed by atoms with Crippen LogP contribution in [-0.2, 0) is 26.4 Å². The van der Waals surface area contributed by atoms with E-state index >= 15 is 0 Å². The molecule has 0 heterocycles. The van der Waals surface area contributed by atoms with Crippen molar-refractivity contribution in [3.05, 3.63) is 89.5 Å². The third-order valence-electron chi connectivity index (χ3n) is 7.35. The van der Waals surface area contributed by atoms with Crippen molar-refractivity contribution in [3.8, 4) is 0 Å². The van der Waals surface area contributed by atoms with Crippen molar-refractivity contribution in [3.63, 3.8) is 0 Å². The Hall–Kier alpha value is -2.42. The van der Waals surface area contributed by atoms with E-state index in [9.17, 15) is 39.3 Å².